The van der Waals surface area contributed by atoms with Crippen LogP contribution in [0.4, 0.5) is 5.69 Å². The van der Waals surface area contributed by atoms with Crippen LogP contribution in [-0.2, 0) is 23.4 Å². The Morgan fingerprint density at radius 3 is 2.03 bits per heavy atom. The van der Waals surface area contributed by atoms with Gasteiger partial charge in [0.1, 0.15) is 11.5 Å². The lowest BCUT2D eigenvalue weighted by molar-refractivity contribution is -0.385. The highest BCUT2D eigenvalue weighted by Crippen LogP contribution is 2.49. The Balaban J connectivity index is 1.99. The zero-order valence-corrected chi connectivity index (χ0v) is 16.7. The Hall–Kier alpha value is -2.52. The average Bonchev–Trinajstić information content (AvgIpc) is 2.65. The molecule has 0 radical (unpaired) electrons. The molecule has 8 nitrogen and oxygen atoms in total. The average molecular weight is 438 g/mol. The Morgan fingerprint density at radius 1 is 1.00 bits per heavy atom. The van der Waals surface area contributed by atoms with E-state index in [9.17, 15) is 28.1 Å². The first-order valence-electron chi connectivity index (χ1n) is 9.12. The van der Waals surface area contributed by atoms with Crippen LogP contribution in [0.2, 0.25) is 0 Å². The van der Waals surface area contributed by atoms with Gasteiger partial charge in [-0.1, -0.05) is 0 Å². The molecule has 0 N–H and O–H groups in total. The van der Waals surface area contributed by atoms with E-state index >= 15 is 0 Å². The molecule has 10 heteroatoms. The van der Waals surface area contributed by atoms with E-state index in [0.29, 0.717) is 37.2 Å². The summed E-state index contributed by atoms with van der Waals surface area (Å²) < 4.78 is 29.2. The third-order valence-corrected chi connectivity index (χ3v) is 6.78. The Morgan fingerprint density at radius 2 is 1.55 bits per heavy atom. The van der Waals surface area contributed by atoms with E-state index < -0.39 is 30.5 Å². The van der Waals surface area contributed by atoms with Crippen LogP contribution in [0.1, 0.15) is 50.0 Å². The molecular weight excluding hydrogens is 422 g/mol. The number of ether oxygens (including phenoxy) is 1. The number of nitro benzene ring substituents is 1. The lowest BCUT2D eigenvalue weighted by Gasteiger charge is -2.35. The molecule has 0 fully saturated rings. The number of halogens is 1. The van der Waals surface area contributed by atoms with Crippen LogP contribution < -0.4 is 0 Å². The van der Waals surface area contributed by atoms with E-state index in [2.05, 4.69) is 0 Å². The predicted octanol–water partition coefficient (Wildman–Crippen LogP) is 3.65. The maximum atomic E-state index is 12.7. The van der Waals surface area contributed by atoms with Crippen LogP contribution in [0, 0.1) is 10.1 Å². The zero-order chi connectivity index (χ0) is 20.9. The zero-order valence-electron chi connectivity index (χ0n) is 15.1. The second-order valence-corrected chi connectivity index (χ2v) is 9.74. The van der Waals surface area contributed by atoms with Crippen LogP contribution in [-0.4, -0.2) is 24.9 Å². The second-order valence-electron chi connectivity index (χ2n) is 7.18. The first-order chi connectivity index (χ1) is 13.7. The number of carbonyl (C=O) groups is 2. The van der Waals surface area contributed by atoms with Crippen LogP contribution in [0.5, 0.6) is 0 Å². The second kappa shape index (κ2) is 7.07. The summed E-state index contributed by atoms with van der Waals surface area (Å²) in [6.07, 6.45) is 2.74. The molecule has 0 spiro atoms. The van der Waals surface area contributed by atoms with Gasteiger partial charge in [0.2, 0.25) is 0 Å². The highest BCUT2D eigenvalue weighted by atomic mass is 35.7. The molecule has 3 aliphatic rings. The molecule has 152 valence electrons. The molecule has 0 aromatic heterocycles. The number of nitro groups is 1. The van der Waals surface area contributed by atoms with E-state index in [-0.39, 0.29) is 41.1 Å². The van der Waals surface area contributed by atoms with Gasteiger partial charge in [-0.15, -0.1) is 0 Å². The Labute approximate surface area is 170 Å². The van der Waals surface area contributed by atoms with Crippen molar-refractivity contribution in [2.24, 2.45) is 0 Å². The van der Waals surface area contributed by atoms with Crippen LogP contribution in [0.25, 0.3) is 0 Å². The normalized spacial score (nSPS) is 20.3. The van der Waals surface area contributed by atoms with Crippen LogP contribution in [0.15, 0.2) is 45.8 Å². The van der Waals surface area contributed by atoms with Crippen molar-refractivity contribution in [1.29, 1.82) is 0 Å². The first-order valence-corrected chi connectivity index (χ1v) is 11.4. The smallest absolute Gasteiger partial charge is 0.274 e. The monoisotopic (exact) mass is 437 g/mol. The van der Waals surface area contributed by atoms with Gasteiger partial charge in [-0.3, -0.25) is 19.7 Å². The van der Waals surface area contributed by atoms with Gasteiger partial charge in [-0.2, -0.15) is 0 Å². The number of allylic oxidation sites excluding steroid dienone is 4. The molecule has 0 saturated carbocycles. The summed E-state index contributed by atoms with van der Waals surface area (Å²) in [6, 6.07) is 3.29. The third-order valence-electron chi connectivity index (χ3n) is 5.43. The number of ketones is 2. The molecule has 1 aromatic carbocycles. The van der Waals surface area contributed by atoms with Gasteiger partial charge >= 0.3 is 0 Å². The minimum atomic E-state index is -4.19. The maximum absolute atomic E-state index is 12.7. The summed E-state index contributed by atoms with van der Waals surface area (Å²) in [6.45, 7) is 0. The van der Waals surface area contributed by atoms with Gasteiger partial charge in [0.05, 0.1) is 15.7 Å². The molecule has 29 heavy (non-hydrogen) atoms. The van der Waals surface area contributed by atoms with Crippen molar-refractivity contribution in [2.75, 3.05) is 0 Å². The molecule has 2 aliphatic carbocycles. The van der Waals surface area contributed by atoms with E-state index in [4.69, 9.17) is 15.4 Å². The highest BCUT2D eigenvalue weighted by Gasteiger charge is 2.44. The van der Waals surface area contributed by atoms with E-state index in [1.165, 1.54) is 6.07 Å². The molecule has 1 heterocycles. The van der Waals surface area contributed by atoms with Gasteiger partial charge in [0.15, 0.2) is 11.6 Å². The van der Waals surface area contributed by atoms with Crippen LogP contribution in [0.3, 0.4) is 0 Å². The van der Waals surface area contributed by atoms with E-state index in [1.54, 1.807) is 0 Å². The number of carbonyl (C=O) groups excluding carboxylic acids is 2. The van der Waals surface area contributed by atoms with Crippen molar-refractivity contribution in [3.63, 3.8) is 0 Å². The first kappa shape index (κ1) is 19.8. The number of rotatable bonds is 3. The minimum Gasteiger partial charge on any atom is -0.465 e. The standard InChI is InChI=1S/C19H16ClNO7S/c20-29(26,27)10-7-8-11(12(9-10)21(24)25)17-18-13(22)3-1-5-15(18)28-16-6-2-4-14(23)19(16)17/h7-9,17H,1-6H2. The van der Waals surface area contributed by atoms with Crippen molar-refractivity contribution in [2.45, 2.75) is 49.3 Å². The highest BCUT2D eigenvalue weighted by molar-refractivity contribution is 8.13. The molecule has 0 bridgehead atoms. The third kappa shape index (κ3) is 3.38. The summed E-state index contributed by atoms with van der Waals surface area (Å²) >= 11 is 0. The van der Waals surface area contributed by atoms with Crippen molar-refractivity contribution in [3.8, 4) is 0 Å². The fraction of sp³-hybridized carbons (Fsp3) is 0.368. The molecule has 0 atom stereocenters. The van der Waals surface area contributed by atoms with Crippen molar-refractivity contribution < 1.29 is 27.7 Å². The number of hydrogen-bond donors (Lipinski definition) is 0. The molecule has 0 unspecified atom stereocenters. The van der Waals surface area contributed by atoms with Gasteiger partial charge in [0, 0.05) is 59.1 Å². The van der Waals surface area contributed by atoms with Gasteiger partial charge < -0.3 is 4.74 Å². The molecule has 0 amide bonds. The number of benzene rings is 1. The Bertz CT molecular complexity index is 1090. The van der Waals surface area contributed by atoms with Crippen LogP contribution >= 0.6 is 10.7 Å². The topological polar surface area (TPSA) is 121 Å². The molecule has 1 aliphatic heterocycles. The van der Waals surface area contributed by atoms with E-state index in [0.717, 1.165) is 12.1 Å². The summed E-state index contributed by atoms with van der Waals surface area (Å²) in [4.78, 5) is 36.1. The quantitative estimate of drug-likeness (QED) is 0.402. The summed E-state index contributed by atoms with van der Waals surface area (Å²) in [5.41, 5.74) is 0.103. The fourth-order valence-electron chi connectivity index (χ4n) is 4.21. The predicted molar refractivity (Wildman–Crippen MR) is 102 cm³/mol. The Kier molecular flexibility index (Phi) is 4.82. The molecule has 0 saturated heterocycles. The summed E-state index contributed by atoms with van der Waals surface area (Å²) in [7, 11) is 1.15. The maximum Gasteiger partial charge on any atom is 0.274 e. The van der Waals surface area contributed by atoms with Gasteiger partial charge in [-0.05, 0) is 25.0 Å². The summed E-state index contributed by atoms with van der Waals surface area (Å²) in [5.74, 6) is -0.484. The lowest BCUT2D eigenvalue weighted by Crippen LogP contribution is -2.30. The number of nitrogens with zero attached hydrogens (tertiary/aromatic N) is 1. The molecule has 1 aromatic rings. The largest absolute Gasteiger partial charge is 0.465 e. The fourth-order valence-corrected chi connectivity index (χ4v) is 4.98. The molecular formula is C19H16ClNO7S. The van der Waals surface area contributed by atoms with E-state index in [1.807, 2.05) is 0 Å². The lowest BCUT2D eigenvalue weighted by atomic mass is 9.73. The minimum absolute atomic E-state index is 0.0906. The summed E-state index contributed by atoms with van der Waals surface area (Å²) in [5, 5.41) is 11.8. The van der Waals surface area contributed by atoms with Gasteiger partial charge in [0.25, 0.3) is 14.7 Å². The SMILES string of the molecule is O=C1CCCC2=C1C(c1ccc(S(=O)(=O)Cl)cc1[N+](=O)[O-])C1=C(CCCC1=O)O2. The number of Topliss-reactive ketones (excluding diaryl/α,β-unsaturated/α-hetero) is 2. The van der Waals surface area contributed by atoms with Crippen molar-refractivity contribution in [1.82, 2.24) is 0 Å². The van der Waals surface area contributed by atoms with Crippen molar-refractivity contribution >= 4 is 37.0 Å². The number of hydrogen-bond acceptors (Lipinski definition) is 7. The van der Waals surface area contributed by atoms with Crippen molar-refractivity contribution in [3.05, 3.63) is 56.5 Å². The van der Waals surface area contributed by atoms with Gasteiger partial charge in [-0.25, -0.2) is 8.42 Å². The molecule has 4 rings (SSSR count).